The Labute approximate surface area is 159 Å². The number of aromatic amines is 1. The summed E-state index contributed by atoms with van der Waals surface area (Å²) >= 11 is 6.04. The standard InChI is InChI=1S/C8H4ClN5.C8H5N5O/c9-6-4-7-11-12-13-14(7)8-5(6)2-1-3-10-8;14-6-4-7-10-11-12-13(7)8-5(6)2-1-3-9-8/h1-4H;1-4H,(H,10,12). The minimum atomic E-state index is -0.0954. The molecule has 12 heteroatoms. The van der Waals surface area contributed by atoms with Crippen LogP contribution in [0.1, 0.15) is 0 Å². The van der Waals surface area contributed by atoms with Gasteiger partial charge in [-0.15, -0.1) is 10.2 Å². The third kappa shape index (κ3) is 2.53. The molecule has 0 radical (unpaired) electrons. The first-order chi connectivity index (χ1) is 13.7. The van der Waals surface area contributed by atoms with Crippen molar-refractivity contribution in [2.75, 3.05) is 0 Å². The molecule has 28 heavy (non-hydrogen) atoms. The molecule has 0 aliphatic rings. The van der Waals surface area contributed by atoms with Crippen LogP contribution in [0.2, 0.25) is 5.02 Å². The Bertz CT molecular complexity index is 1520. The monoisotopic (exact) mass is 392 g/mol. The van der Waals surface area contributed by atoms with Crippen LogP contribution in [-0.2, 0) is 0 Å². The third-order valence-corrected chi connectivity index (χ3v) is 4.36. The first-order valence-corrected chi connectivity index (χ1v) is 8.39. The second-order valence-corrected chi connectivity index (χ2v) is 6.10. The summed E-state index contributed by atoms with van der Waals surface area (Å²) in [5.74, 6) is 0. The molecule has 0 aliphatic carbocycles. The van der Waals surface area contributed by atoms with Crippen LogP contribution in [0.3, 0.4) is 0 Å². The number of tetrazole rings is 2. The highest BCUT2D eigenvalue weighted by atomic mass is 35.5. The van der Waals surface area contributed by atoms with E-state index in [1.54, 1.807) is 39.6 Å². The maximum absolute atomic E-state index is 11.6. The largest absolute Gasteiger partial charge is 0.289 e. The van der Waals surface area contributed by atoms with Gasteiger partial charge in [0.05, 0.1) is 10.4 Å². The van der Waals surface area contributed by atoms with Gasteiger partial charge in [-0.2, -0.15) is 14.2 Å². The molecular formula is C16H9ClN10O. The lowest BCUT2D eigenvalue weighted by atomic mass is 10.3. The average Bonchev–Trinajstić information content (AvgIpc) is 3.38. The molecule has 6 aromatic heterocycles. The van der Waals surface area contributed by atoms with Crippen molar-refractivity contribution in [1.82, 2.24) is 50.0 Å². The van der Waals surface area contributed by atoms with Crippen LogP contribution in [0.5, 0.6) is 0 Å². The van der Waals surface area contributed by atoms with Gasteiger partial charge in [0.15, 0.2) is 28.0 Å². The topological polar surface area (TPSA) is 132 Å². The van der Waals surface area contributed by atoms with E-state index in [1.165, 1.54) is 6.07 Å². The van der Waals surface area contributed by atoms with Crippen LogP contribution in [-0.4, -0.2) is 50.0 Å². The van der Waals surface area contributed by atoms with Gasteiger partial charge in [0, 0.05) is 29.9 Å². The quantitative estimate of drug-likeness (QED) is 0.409. The Morgan fingerprint density at radius 3 is 2.57 bits per heavy atom. The summed E-state index contributed by atoms with van der Waals surface area (Å²) < 4.78 is 3.12. The molecule has 0 amide bonds. The van der Waals surface area contributed by atoms with E-state index in [0.717, 1.165) is 5.39 Å². The molecule has 0 aliphatic heterocycles. The molecule has 11 nitrogen and oxygen atoms in total. The van der Waals surface area contributed by atoms with Crippen molar-refractivity contribution in [3.8, 4) is 0 Å². The highest BCUT2D eigenvalue weighted by molar-refractivity contribution is 6.35. The number of nitrogens with one attached hydrogen (secondary N) is 1. The predicted molar refractivity (Wildman–Crippen MR) is 100 cm³/mol. The lowest BCUT2D eigenvalue weighted by Crippen LogP contribution is -2.05. The first-order valence-electron chi connectivity index (χ1n) is 8.01. The van der Waals surface area contributed by atoms with Gasteiger partial charge in [-0.1, -0.05) is 16.8 Å². The van der Waals surface area contributed by atoms with Crippen molar-refractivity contribution < 1.29 is 0 Å². The van der Waals surface area contributed by atoms with Gasteiger partial charge in [0.25, 0.3) is 0 Å². The molecule has 136 valence electrons. The molecule has 0 unspecified atom stereocenters. The van der Waals surface area contributed by atoms with Crippen molar-refractivity contribution in [3.63, 3.8) is 0 Å². The normalized spacial score (nSPS) is 11.2. The highest BCUT2D eigenvalue weighted by Gasteiger charge is 2.07. The first kappa shape index (κ1) is 16.2. The van der Waals surface area contributed by atoms with E-state index >= 15 is 0 Å². The van der Waals surface area contributed by atoms with E-state index in [9.17, 15) is 4.79 Å². The third-order valence-electron chi connectivity index (χ3n) is 4.04. The molecule has 0 bridgehead atoms. The smallest absolute Gasteiger partial charge is 0.193 e. The lowest BCUT2D eigenvalue weighted by molar-refractivity contribution is 0.835. The molecule has 6 aromatic rings. The molecule has 0 saturated heterocycles. The molecule has 0 atom stereocenters. The van der Waals surface area contributed by atoms with Crippen LogP contribution in [0.15, 0.2) is 53.6 Å². The van der Waals surface area contributed by atoms with Gasteiger partial charge in [-0.25, -0.2) is 9.97 Å². The molecule has 0 saturated carbocycles. The Kier molecular flexibility index (Phi) is 3.66. The Balaban J connectivity index is 0.000000122. The number of halogens is 1. The minimum Gasteiger partial charge on any atom is -0.289 e. The predicted octanol–water partition coefficient (Wildman–Crippen LogP) is 1.29. The van der Waals surface area contributed by atoms with Crippen molar-refractivity contribution in [2.24, 2.45) is 0 Å². The summed E-state index contributed by atoms with van der Waals surface area (Å²) in [5, 5.41) is 23.2. The van der Waals surface area contributed by atoms with Gasteiger partial charge in [-0.05, 0) is 34.7 Å². The van der Waals surface area contributed by atoms with E-state index in [0.29, 0.717) is 33.0 Å². The molecule has 6 rings (SSSR count). The number of hydrogen-bond acceptors (Lipinski definition) is 8. The summed E-state index contributed by atoms with van der Waals surface area (Å²) in [6, 6.07) is 10.3. The second kappa shape index (κ2) is 6.32. The highest BCUT2D eigenvalue weighted by Crippen LogP contribution is 2.22. The van der Waals surface area contributed by atoms with Gasteiger partial charge in [0.1, 0.15) is 0 Å². The summed E-state index contributed by atoms with van der Waals surface area (Å²) in [5.41, 5.74) is 2.18. The van der Waals surface area contributed by atoms with E-state index in [2.05, 4.69) is 41.0 Å². The fourth-order valence-electron chi connectivity index (χ4n) is 2.80. The SMILES string of the molecule is Clc1cc2nnnn2c2ncccc12.O=c1cc2nn[nH]n2c2ncccc12. The average molecular weight is 393 g/mol. The zero-order valence-electron chi connectivity index (χ0n) is 13.9. The summed E-state index contributed by atoms with van der Waals surface area (Å²) in [4.78, 5) is 19.8. The maximum atomic E-state index is 11.6. The van der Waals surface area contributed by atoms with E-state index in [1.807, 2.05) is 12.1 Å². The van der Waals surface area contributed by atoms with Crippen LogP contribution < -0.4 is 5.43 Å². The maximum Gasteiger partial charge on any atom is 0.193 e. The number of aromatic nitrogens is 10. The minimum absolute atomic E-state index is 0.0954. The Morgan fingerprint density at radius 1 is 0.929 bits per heavy atom. The van der Waals surface area contributed by atoms with E-state index in [4.69, 9.17) is 11.6 Å². The second-order valence-electron chi connectivity index (χ2n) is 5.69. The Morgan fingerprint density at radius 2 is 1.71 bits per heavy atom. The molecule has 0 fully saturated rings. The van der Waals surface area contributed by atoms with Crippen molar-refractivity contribution in [1.29, 1.82) is 0 Å². The van der Waals surface area contributed by atoms with Crippen molar-refractivity contribution in [3.05, 3.63) is 64.0 Å². The van der Waals surface area contributed by atoms with E-state index < -0.39 is 0 Å². The molecule has 0 spiro atoms. The Hall–Kier alpha value is -3.99. The summed E-state index contributed by atoms with van der Waals surface area (Å²) in [6.45, 7) is 0. The van der Waals surface area contributed by atoms with Crippen molar-refractivity contribution in [2.45, 2.75) is 0 Å². The van der Waals surface area contributed by atoms with Crippen LogP contribution in [0.4, 0.5) is 0 Å². The van der Waals surface area contributed by atoms with Crippen LogP contribution >= 0.6 is 11.6 Å². The molecule has 6 heterocycles. The summed E-state index contributed by atoms with van der Waals surface area (Å²) in [6.07, 6.45) is 3.30. The molecular weight excluding hydrogens is 384 g/mol. The van der Waals surface area contributed by atoms with Gasteiger partial charge in [-0.3, -0.25) is 4.79 Å². The van der Waals surface area contributed by atoms with Gasteiger partial charge >= 0.3 is 0 Å². The number of H-pyrrole nitrogens is 1. The van der Waals surface area contributed by atoms with Crippen LogP contribution in [0.25, 0.3) is 33.4 Å². The molecule has 0 aromatic carbocycles. The number of hydrogen-bond donors (Lipinski definition) is 1. The van der Waals surface area contributed by atoms with Gasteiger partial charge < -0.3 is 0 Å². The zero-order chi connectivity index (χ0) is 19.1. The zero-order valence-corrected chi connectivity index (χ0v) is 14.7. The fraction of sp³-hybridized carbons (Fsp3) is 0. The lowest BCUT2D eigenvalue weighted by Gasteiger charge is -1.99. The van der Waals surface area contributed by atoms with Crippen LogP contribution in [0, 0.1) is 0 Å². The number of pyridine rings is 4. The number of nitrogens with zero attached hydrogens (tertiary/aromatic N) is 9. The number of fused-ring (bicyclic) bond motifs is 6. The fourth-order valence-corrected chi connectivity index (χ4v) is 3.05. The van der Waals surface area contributed by atoms with E-state index in [-0.39, 0.29) is 5.43 Å². The van der Waals surface area contributed by atoms with Gasteiger partial charge in [0.2, 0.25) is 0 Å². The molecule has 1 N–H and O–H groups in total. The van der Waals surface area contributed by atoms with Crippen molar-refractivity contribution >= 4 is 45.0 Å². The summed E-state index contributed by atoms with van der Waals surface area (Å²) in [7, 11) is 0. The number of rotatable bonds is 0.